The Hall–Kier alpha value is -2.22. The van der Waals surface area contributed by atoms with E-state index in [1.54, 1.807) is 25.3 Å². The van der Waals surface area contributed by atoms with Crippen LogP contribution in [-0.4, -0.2) is 12.2 Å². The molecule has 0 aliphatic rings. The lowest BCUT2D eigenvalue weighted by atomic mass is 9.95. The Morgan fingerprint density at radius 2 is 1.84 bits per heavy atom. The first-order valence-corrected chi connectivity index (χ1v) is 6.17. The van der Waals surface area contributed by atoms with Gasteiger partial charge < -0.3 is 9.84 Å². The highest BCUT2D eigenvalue weighted by Crippen LogP contribution is 2.36. The Kier molecular flexibility index (Phi) is 3.61. The van der Waals surface area contributed by atoms with Crippen LogP contribution in [-0.2, 0) is 0 Å². The molecule has 1 N–H and O–H groups in total. The number of phenols is 1. The average molecular weight is 254 g/mol. The number of hydrogen-bond donors (Lipinski definition) is 1. The van der Waals surface area contributed by atoms with Crippen LogP contribution in [0.3, 0.4) is 0 Å². The maximum absolute atomic E-state index is 9.69. The molecule has 0 spiro atoms. The monoisotopic (exact) mass is 254 g/mol. The highest BCUT2D eigenvalue weighted by atomic mass is 16.5. The van der Waals surface area contributed by atoms with E-state index in [9.17, 15) is 5.11 Å². The topological polar surface area (TPSA) is 29.5 Å². The molecule has 0 saturated carbocycles. The number of aryl methyl sites for hydroxylation is 1. The summed E-state index contributed by atoms with van der Waals surface area (Å²) in [6.07, 6.45) is 0. The standard InChI is InChI=1S/C17H18O2/c1-11(2)13-6-5-12(3)15(9-13)16-10-14(18)7-8-17(16)19-4/h5-10,18H,1H2,2-4H3. The van der Waals surface area contributed by atoms with Crippen molar-refractivity contribution in [1.82, 2.24) is 0 Å². The summed E-state index contributed by atoms with van der Waals surface area (Å²) < 4.78 is 5.38. The summed E-state index contributed by atoms with van der Waals surface area (Å²) in [5, 5.41) is 9.69. The van der Waals surface area contributed by atoms with Gasteiger partial charge in [-0.2, -0.15) is 0 Å². The maximum atomic E-state index is 9.69. The molecule has 0 saturated heterocycles. The normalized spacial score (nSPS) is 10.3. The highest BCUT2D eigenvalue weighted by Gasteiger charge is 2.10. The second-order valence-electron chi connectivity index (χ2n) is 4.69. The lowest BCUT2D eigenvalue weighted by Gasteiger charge is -2.13. The summed E-state index contributed by atoms with van der Waals surface area (Å²) in [4.78, 5) is 0. The largest absolute Gasteiger partial charge is 0.508 e. The molecular formula is C17H18O2. The molecular weight excluding hydrogens is 236 g/mol. The van der Waals surface area contributed by atoms with E-state index >= 15 is 0 Å². The number of hydrogen-bond acceptors (Lipinski definition) is 2. The van der Waals surface area contributed by atoms with E-state index in [2.05, 4.69) is 24.8 Å². The van der Waals surface area contributed by atoms with Crippen LogP contribution in [0.4, 0.5) is 0 Å². The quantitative estimate of drug-likeness (QED) is 0.879. The van der Waals surface area contributed by atoms with Crippen molar-refractivity contribution in [2.75, 3.05) is 7.11 Å². The summed E-state index contributed by atoms with van der Waals surface area (Å²) in [6, 6.07) is 11.3. The molecule has 98 valence electrons. The van der Waals surface area contributed by atoms with Crippen LogP contribution < -0.4 is 4.74 Å². The van der Waals surface area contributed by atoms with Crippen LogP contribution in [0.25, 0.3) is 16.7 Å². The van der Waals surface area contributed by atoms with Crippen molar-refractivity contribution in [1.29, 1.82) is 0 Å². The Morgan fingerprint density at radius 1 is 1.11 bits per heavy atom. The van der Waals surface area contributed by atoms with Gasteiger partial charge in [-0.15, -0.1) is 0 Å². The smallest absolute Gasteiger partial charge is 0.126 e. The van der Waals surface area contributed by atoms with Crippen LogP contribution in [0.15, 0.2) is 43.0 Å². The predicted octanol–water partition coefficient (Wildman–Crippen LogP) is 4.41. The zero-order valence-electron chi connectivity index (χ0n) is 11.5. The predicted molar refractivity (Wildman–Crippen MR) is 79.5 cm³/mol. The first-order valence-electron chi connectivity index (χ1n) is 6.17. The van der Waals surface area contributed by atoms with Gasteiger partial charge >= 0.3 is 0 Å². The number of aromatic hydroxyl groups is 1. The van der Waals surface area contributed by atoms with Crippen molar-refractivity contribution in [3.63, 3.8) is 0 Å². The third-order valence-corrected chi connectivity index (χ3v) is 3.20. The summed E-state index contributed by atoms with van der Waals surface area (Å²) in [6.45, 7) is 7.99. The fourth-order valence-electron chi connectivity index (χ4n) is 2.08. The van der Waals surface area contributed by atoms with Crippen molar-refractivity contribution in [3.8, 4) is 22.6 Å². The van der Waals surface area contributed by atoms with Crippen LogP contribution in [0.5, 0.6) is 11.5 Å². The van der Waals surface area contributed by atoms with Crippen LogP contribution in [0.2, 0.25) is 0 Å². The number of benzene rings is 2. The van der Waals surface area contributed by atoms with Gasteiger partial charge in [-0.1, -0.05) is 24.3 Å². The van der Waals surface area contributed by atoms with Crippen molar-refractivity contribution >= 4 is 5.57 Å². The lowest BCUT2D eigenvalue weighted by molar-refractivity contribution is 0.414. The Balaban J connectivity index is 2.67. The number of methoxy groups -OCH3 is 1. The molecule has 2 rings (SSSR count). The van der Waals surface area contributed by atoms with E-state index in [-0.39, 0.29) is 5.75 Å². The Bertz CT molecular complexity index is 627. The maximum Gasteiger partial charge on any atom is 0.126 e. The summed E-state index contributed by atoms with van der Waals surface area (Å²) >= 11 is 0. The Morgan fingerprint density at radius 3 is 2.47 bits per heavy atom. The van der Waals surface area contributed by atoms with Gasteiger partial charge in [0.15, 0.2) is 0 Å². The molecule has 0 fully saturated rings. The molecule has 2 nitrogen and oxygen atoms in total. The second kappa shape index (κ2) is 5.19. The van der Waals surface area contributed by atoms with Gasteiger partial charge in [0, 0.05) is 5.56 Å². The summed E-state index contributed by atoms with van der Waals surface area (Å²) in [7, 11) is 1.63. The van der Waals surface area contributed by atoms with Crippen LogP contribution in [0, 0.1) is 6.92 Å². The van der Waals surface area contributed by atoms with Gasteiger partial charge in [-0.05, 0) is 54.8 Å². The van der Waals surface area contributed by atoms with E-state index in [4.69, 9.17) is 4.74 Å². The summed E-state index contributed by atoms with van der Waals surface area (Å²) in [5.41, 5.74) is 5.18. The van der Waals surface area contributed by atoms with E-state index in [0.29, 0.717) is 0 Å². The number of allylic oxidation sites excluding steroid dienone is 1. The van der Waals surface area contributed by atoms with Crippen LogP contribution >= 0.6 is 0 Å². The van der Waals surface area contributed by atoms with Gasteiger partial charge in [0.05, 0.1) is 7.11 Å². The van der Waals surface area contributed by atoms with E-state index in [1.807, 2.05) is 13.8 Å². The van der Waals surface area contributed by atoms with E-state index in [1.165, 1.54) is 0 Å². The first kappa shape index (κ1) is 13.2. The molecule has 0 heterocycles. The average Bonchev–Trinajstić information content (AvgIpc) is 2.39. The van der Waals surface area contributed by atoms with Crippen molar-refractivity contribution < 1.29 is 9.84 Å². The molecule has 0 bridgehead atoms. The van der Waals surface area contributed by atoms with Crippen molar-refractivity contribution in [2.24, 2.45) is 0 Å². The summed E-state index contributed by atoms with van der Waals surface area (Å²) in [5.74, 6) is 0.982. The third kappa shape index (κ3) is 2.63. The first-order chi connectivity index (χ1) is 9.02. The fraction of sp³-hybridized carbons (Fsp3) is 0.176. The highest BCUT2D eigenvalue weighted by molar-refractivity contribution is 5.78. The lowest BCUT2D eigenvalue weighted by Crippen LogP contribution is -1.91. The molecule has 2 heteroatoms. The van der Waals surface area contributed by atoms with Crippen molar-refractivity contribution in [3.05, 3.63) is 54.1 Å². The fourth-order valence-corrected chi connectivity index (χ4v) is 2.08. The molecule has 0 aliphatic heterocycles. The number of phenolic OH excluding ortho intramolecular Hbond substituents is 1. The van der Waals surface area contributed by atoms with Gasteiger partial charge in [-0.3, -0.25) is 0 Å². The molecule has 0 atom stereocenters. The third-order valence-electron chi connectivity index (χ3n) is 3.20. The van der Waals surface area contributed by atoms with Crippen molar-refractivity contribution in [2.45, 2.75) is 13.8 Å². The zero-order chi connectivity index (χ0) is 14.0. The van der Waals surface area contributed by atoms with E-state index in [0.717, 1.165) is 33.6 Å². The minimum absolute atomic E-state index is 0.232. The van der Waals surface area contributed by atoms with Crippen LogP contribution in [0.1, 0.15) is 18.1 Å². The molecule has 0 radical (unpaired) electrons. The minimum atomic E-state index is 0.232. The molecule has 2 aromatic rings. The molecule has 0 aliphatic carbocycles. The molecule has 2 aromatic carbocycles. The molecule has 0 aromatic heterocycles. The van der Waals surface area contributed by atoms with Gasteiger partial charge in [0.25, 0.3) is 0 Å². The van der Waals surface area contributed by atoms with Gasteiger partial charge in [0.2, 0.25) is 0 Å². The number of ether oxygens (including phenoxy) is 1. The van der Waals surface area contributed by atoms with Gasteiger partial charge in [0.1, 0.15) is 11.5 Å². The molecule has 0 amide bonds. The Labute approximate surface area is 114 Å². The molecule has 0 unspecified atom stereocenters. The second-order valence-corrected chi connectivity index (χ2v) is 4.69. The zero-order valence-corrected chi connectivity index (χ0v) is 11.5. The molecule has 19 heavy (non-hydrogen) atoms. The van der Waals surface area contributed by atoms with Gasteiger partial charge in [-0.25, -0.2) is 0 Å². The SMILES string of the molecule is C=C(C)c1ccc(C)c(-c2cc(O)ccc2OC)c1. The number of rotatable bonds is 3. The van der Waals surface area contributed by atoms with E-state index < -0.39 is 0 Å². The minimum Gasteiger partial charge on any atom is -0.508 e.